The maximum absolute atomic E-state index is 13.1. The Morgan fingerprint density at radius 1 is 0.294 bits per heavy atom. The van der Waals surface area contributed by atoms with Crippen molar-refractivity contribution in [1.29, 1.82) is 0 Å². The summed E-state index contributed by atoms with van der Waals surface area (Å²) in [6.45, 7) is 4.62. The fraction of sp³-hybridized carbons (Fsp3) is 0.735. The zero-order valence-corrected chi connectivity index (χ0v) is 66.0. The van der Waals surface area contributed by atoms with E-state index in [4.69, 9.17) is 37.0 Å². The molecule has 0 saturated heterocycles. The molecule has 5 atom stereocenters. The molecule has 0 aliphatic rings. The molecule has 0 aromatic heterocycles. The van der Waals surface area contributed by atoms with E-state index in [-0.39, 0.29) is 25.7 Å². The minimum atomic E-state index is -4.99. The van der Waals surface area contributed by atoms with Gasteiger partial charge in [-0.15, -0.1) is 0 Å². The molecule has 0 heterocycles. The molecule has 0 rings (SSSR count). The first-order valence-electron chi connectivity index (χ1n) is 40.1. The molecule has 0 spiro atoms. The molecule has 19 heteroatoms. The number of hydrogen-bond acceptors (Lipinski definition) is 15. The number of rotatable bonds is 75. The van der Waals surface area contributed by atoms with Gasteiger partial charge >= 0.3 is 39.5 Å². The van der Waals surface area contributed by atoms with Crippen LogP contribution in [0.3, 0.4) is 0 Å². The van der Waals surface area contributed by atoms with Crippen molar-refractivity contribution in [2.75, 3.05) is 39.6 Å². The van der Waals surface area contributed by atoms with Crippen molar-refractivity contribution in [3.05, 3.63) is 109 Å². The van der Waals surface area contributed by atoms with Gasteiger partial charge in [-0.1, -0.05) is 304 Å². The molecule has 0 amide bonds. The summed E-state index contributed by atoms with van der Waals surface area (Å²) in [5.41, 5.74) is 0. The Balaban J connectivity index is 5.40. The van der Waals surface area contributed by atoms with Gasteiger partial charge in [0.05, 0.1) is 32.8 Å². The second kappa shape index (κ2) is 75.0. The number of allylic oxidation sites excluding steroid dienone is 17. The van der Waals surface area contributed by atoms with Crippen LogP contribution in [0, 0.1) is 0 Å². The fourth-order valence-electron chi connectivity index (χ4n) is 10.6. The van der Waals surface area contributed by atoms with E-state index in [0.29, 0.717) is 25.7 Å². The second-order valence-corrected chi connectivity index (χ2v) is 29.6. The average molecular weight is 1480 g/mol. The smallest absolute Gasteiger partial charge is 0.462 e. The SMILES string of the molecule is CC/C=C\C/C=C\C/C=C\C/C=C\C/C=C\CC(=O)OCC(COP(=O)(O)OCC(O)COP(=O)(O)OCC(COC(=O)CCCCCCCC/C=C\C/C=C\C/C=C\CCCCC)OC(=O)CCCCCCC/C=C\CCCCCCCC)OC(=O)CCCCCCCCCCCCCCC. The van der Waals surface area contributed by atoms with E-state index >= 15 is 0 Å². The Kier molecular flexibility index (Phi) is 71.8. The van der Waals surface area contributed by atoms with E-state index in [1.54, 1.807) is 6.08 Å². The molecular weight excluding hydrogens is 1330 g/mol. The van der Waals surface area contributed by atoms with Crippen molar-refractivity contribution < 1.29 is 80.2 Å². The van der Waals surface area contributed by atoms with Gasteiger partial charge in [-0.2, -0.15) is 0 Å². The molecule has 3 N–H and O–H groups in total. The standard InChI is InChI=1S/C83H144O17P2/c1-5-9-13-17-21-25-29-33-36-37-38-39-42-45-48-52-56-60-64-68-81(86)94-74-79(100-83(88)70-66-62-58-54-50-46-41-35-31-27-23-19-15-11-7-3)76-98-102(91,92)96-72-77(84)71-95-101(89,90)97-75-78(99-82(87)69-65-61-57-53-49-43-32-28-24-20-16-12-8-4)73-93-80(85)67-63-59-55-51-47-44-40-34-30-26-22-18-14-10-6-2/h10,14,21-22,25-26,33-36,38-41,47,51,59,63,77-79,84H,5-9,11-13,15-20,23-24,27-32,37,42-46,48-50,52-58,60-62,64-76H2,1-4H3,(H,89,90)(H,91,92)/b14-10-,25-21-,26-22-,36-33-,39-38-,40-34-,41-35-,51-47-,63-59-. The van der Waals surface area contributed by atoms with Crippen LogP contribution in [0.4, 0.5) is 0 Å². The maximum atomic E-state index is 13.1. The molecule has 0 aromatic carbocycles. The highest BCUT2D eigenvalue weighted by Gasteiger charge is 2.30. The van der Waals surface area contributed by atoms with Crippen LogP contribution in [-0.2, 0) is 65.4 Å². The summed E-state index contributed by atoms with van der Waals surface area (Å²) in [4.78, 5) is 72.9. The lowest BCUT2D eigenvalue weighted by Crippen LogP contribution is -2.30. The zero-order valence-electron chi connectivity index (χ0n) is 64.3. The van der Waals surface area contributed by atoms with Gasteiger partial charge in [0.15, 0.2) is 12.2 Å². The highest BCUT2D eigenvalue weighted by atomic mass is 31.2. The molecule has 0 aliphatic carbocycles. The van der Waals surface area contributed by atoms with Crippen LogP contribution in [0.5, 0.6) is 0 Å². The lowest BCUT2D eigenvalue weighted by Gasteiger charge is -2.21. The van der Waals surface area contributed by atoms with Crippen molar-refractivity contribution in [2.24, 2.45) is 0 Å². The predicted molar refractivity (Wildman–Crippen MR) is 418 cm³/mol. The minimum absolute atomic E-state index is 0.0695. The maximum Gasteiger partial charge on any atom is 0.472 e. The van der Waals surface area contributed by atoms with E-state index in [9.17, 15) is 43.2 Å². The van der Waals surface area contributed by atoms with E-state index < -0.39 is 97.5 Å². The average Bonchev–Trinajstić information content (AvgIpc) is 0.909. The summed E-state index contributed by atoms with van der Waals surface area (Å²) in [7, 11) is -9.98. The monoisotopic (exact) mass is 1470 g/mol. The molecule has 0 radical (unpaired) electrons. The third-order valence-electron chi connectivity index (χ3n) is 16.8. The van der Waals surface area contributed by atoms with Crippen LogP contribution in [0.1, 0.15) is 336 Å². The zero-order chi connectivity index (χ0) is 74.6. The molecule has 17 nitrogen and oxygen atoms in total. The Bertz CT molecular complexity index is 2360. The predicted octanol–water partition coefficient (Wildman–Crippen LogP) is 23.3. The molecule has 0 saturated carbocycles. The summed E-state index contributed by atoms with van der Waals surface area (Å²) in [5.74, 6) is -2.33. The van der Waals surface area contributed by atoms with E-state index in [1.807, 2.05) is 18.2 Å². The van der Waals surface area contributed by atoms with Gasteiger partial charge in [-0.25, -0.2) is 9.13 Å². The lowest BCUT2D eigenvalue weighted by molar-refractivity contribution is -0.161. The molecule has 588 valence electrons. The Morgan fingerprint density at radius 2 is 0.549 bits per heavy atom. The van der Waals surface area contributed by atoms with Gasteiger partial charge < -0.3 is 33.8 Å². The molecule has 5 unspecified atom stereocenters. The number of phosphoric ester groups is 2. The quantitative estimate of drug-likeness (QED) is 0.0169. The summed E-state index contributed by atoms with van der Waals surface area (Å²) in [6.07, 6.45) is 80.9. The molecule has 0 fully saturated rings. The van der Waals surface area contributed by atoms with Gasteiger partial charge in [0.2, 0.25) is 0 Å². The third-order valence-corrected chi connectivity index (χ3v) is 18.7. The van der Waals surface area contributed by atoms with Crippen LogP contribution in [0.2, 0.25) is 0 Å². The highest BCUT2D eigenvalue weighted by Crippen LogP contribution is 2.45. The van der Waals surface area contributed by atoms with Gasteiger partial charge in [0.1, 0.15) is 19.3 Å². The number of aliphatic hydroxyl groups excluding tert-OH is 1. The number of unbranched alkanes of at least 4 members (excludes halogenated alkanes) is 32. The van der Waals surface area contributed by atoms with Crippen LogP contribution in [-0.4, -0.2) is 96.7 Å². The highest BCUT2D eigenvalue weighted by molar-refractivity contribution is 7.47. The van der Waals surface area contributed by atoms with Crippen LogP contribution >= 0.6 is 15.6 Å². The number of aliphatic hydroxyl groups is 1. The molecule has 0 bridgehead atoms. The topological polar surface area (TPSA) is 237 Å². The first-order valence-corrected chi connectivity index (χ1v) is 43.1. The fourth-order valence-corrected chi connectivity index (χ4v) is 12.2. The van der Waals surface area contributed by atoms with Crippen LogP contribution in [0.25, 0.3) is 0 Å². The van der Waals surface area contributed by atoms with Gasteiger partial charge in [0, 0.05) is 19.3 Å². The van der Waals surface area contributed by atoms with E-state index in [1.165, 1.54) is 109 Å². The molecule has 0 aliphatic heterocycles. The van der Waals surface area contributed by atoms with Gasteiger partial charge in [0.25, 0.3) is 0 Å². The molecule has 102 heavy (non-hydrogen) atoms. The van der Waals surface area contributed by atoms with Crippen molar-refractivity contribution in [2.45, 2.75) is 354 Å². The lowest BCUT2D eigenvalue weighted by atomic mass is 10.0. The number of carbonyl (C=O) groups is 4. The van der Waals surface area contributed by atoms with E-state index in [2.05, 4.69) is 113 Å². The largest absolute Gasteiger partial charge is 0.472 e. The summed E-state index contributed by atoms with van der Waals surface area (Å²) >= 11 is 0. The van der Waals surface area contributed by atoms with Gasteiger partial charge in [-0.05, 0) is 116 Å². The molecule has 0 aromatic rings. The normalized spacial score (nSPS) is 14.5. The third kappa shape index (κ3) is 74.0. The van der Waals surface area contributed by atoms with Crippen LogP contribution < -0.4 is 0 Å². The first-order chi connectivity index (χ1) is 49.7. The minimum Gasteiger partial charge on any atom is -0.462 e. The van der Waals surface area contributed by atoms with Crippen LogP contribution in [0.15, 0.2) is 109 Å². The van der Waals surface area contributed by atoms with Crippen molar-refractivity contribution in [1.82, 2.24) is 0 Å². The number of phosphoric acid groups is 2. The first kappa shape index (κ1) is 97.7. The van der Waals surface area contributed by atoms with E-state index in [0.717, 1.165) is 148 Å². The Hall–Kier alpha value is -4.28. The Labute approximate surface area is 619 Å². The Morgan fingerprint density at radius 3 is 0.902 bits per heavy atom. The summed E-state index contributed by atoms with van der Waals surface area (Å²) in [5, 5.41) is 10.6. The van der Waals surface area contributed by atoms with Crippen molar-refractivity contribution >= 4 is 39.5 Å². The summed E-state index contributed by atoms with van der Waals surface area (Å²) < 4.78 is 68.5. The van der Waals surface area contributed by atoms with Crippen molar-refractivity contribution in [3.8, 4) is 0 Å². The van der Waals surface area contributed by atoms with Crippen molar-refractivity contribution in [3.63, 3.8) is 0 Å². The second-order valence-electron chi connectivity index (χ2n) is 26.6. The number of ether oxygens (including phenoxy) is 4. The van der Waals surface area contributed by atoms with Gasteiger partial charge in [-0.3, -0.25) is 37.3 Å². The molecular formula is C83H144O17P2. The number of esters is 4. The summed E-state index contributed by atoms with van der Waals surface area (Å²) in [6, 6.07) is 0. The number of carbonyl (C=O) groups excluding carboxylic acids is 4. The number of hydrogen-bond donors (Lipinski definition) is 3.